The maximum absolute atomic E-state index is 10.1. The van der Waals surface area contributed by atoms with E-state index >= 15 is 0 Å². The van der Waals surface area contributed by atoms with E-state index in [2.05, 4.69) is 8.85 Å². The quantitative estimate of drug-likeness (QED) is 0.222. The van der Waals surface area contributed by atoms with Crippen molar-refractivity contribution in [1.29, 1.82) is 0 Å². The minimum atomic E-state index is -2.13. The second-order valence-corrected chi connectivity index (χ2v) is 6.49. The Kier molecular flexibility index (Phi) is 5.79. The van der Waals surface area contributed by atoms with Gasteiger partial charge >= 0.3 is 74.9 Å². The normalized spacial score (nSPS) is 14.5. The molecule has 0 aromatic heterocycles. The fourth-order valence-corrected chi connectivity index (χ4v) is 3.19. The first kappa shape index (κ1) is 11.1. The van der Waals surface area contributed by atoms with Gasteiger partial charge in [-0.05, 0) is 0 Å². The molecule has 0 heterocycles. The van der Waals surface area contributed by atoms with Crippen molar-refractivity contribution in [2.75, 3.05) is 7.05 Å². The average Bonchev–Trinajstić information content (AvgIpc) is 1.98. The molecule has 0 rings (SSSR count). The number of hydrogen-bond acceptors (Lipinski definition) is 3. The van der Waals surface area contributed by atoms with Crippen LogP contribution in [-0.2, 0) is 4.79 Å². The van der Waals surface area contributed by atoms with E-state index in [0.29, 0.717) is 6.41 Å². The van der Waals surface area contributed by atoms with Gasteiger partial charge in [-0.1, -0.05) is 0 Å². The molecule has 0 spiro atoms. The van der Waals surface area contributed by atoms with Gasteiger partial charge in [-0.25, -0.2) is 0 Å². The van der Waals surface area contributed by atoms with Gasteiger partial charge in [0.1, 0.15) is 0 Å². The van der Waals surface area contributed by atoms with Crippen molar-refractivity contribution in [1.82, 2.24) is 8.85 Å². The van der Waals surface area contributed by atoms with Crippen LogP contribution in [0.15, 0.2) is 0 Å². The van der Waals surface area contributed by atoms with Crippen LogP contribution in [0.5, 0.6) is 0 Å². The monoisotopic (exact) mass is 274 g/mol. The summed E-state index contributed by atoms with van der Waals surface area (Å²) < 4.78 is 12.2. The minimum absolute atomic E-state index is 0.0679. The third-order valence-corrected chi connectivity index (χ3v) is 5.40. The molecule has 0 aliphatic carbocycles. The molecule has 0 aliphatic rings. The predicted molar refractivity (Wildman–Crippen MR) is 53.1 cm³/mol. The van der Waals surface area contributed by atoms with E-state index in [1.165, 1.54) is 0 Å². The van der Waals surface area contributed by atoms with Crippen LogP contribution in [-0.4, -0.2) is 20.9 Å². The summed E-state index contributed by atoms with van der Waals surface area (Å²) >= 11 is -2.13. The third kappa shape index (κ3) is 3.88. The molecule has 0 fully saturated rings. The Labute approximate surface area is 75.0 Å². The average molecular weight is 274 g/mol. The molecule has 1 atom stereocenters. The standard InChI is InChI=1S/C6H15IN2O2/c1-5(2)6(9-4-10)7(11)8-3/h4-6,8,11H,1-3H3,(H,9,10). The van der Waals surface area contributed by atoms with E-state index in [4.69, 9.17) is 0 Å². The van der Waals surface area contributed by atoms with Crippen LogP contribution in [0.4, 0.5) is 0 Å². The maximum atomic E-state index is 10.1. The zero-order valence-electron chi connectivity index (χ0n) is 6.97. The summed E-state index contributed by atoms with van der Waals surface area (Å²) in [6.07, 6.45) is 0.642. The Morgan fingerprint density at radius 2 is 2.09 bits per heavy atom. The van der Waals surface area contributed by atoms with Gasteiger partial charge in [0, 0.05) is 0 Å². The Morgan fingerprint density at radius 1 is 1.55 bits per heavy atom. The van der Waals surface area contributed by atoms with Crippen molar-refractivity contribution < 1.29 is 8.23 Å². The SMILES string of the molecule is CNI(O)C(NC=O)C(C)C. The second-order valence-electron chi connectivity index (χ2n) is 2.41. The summed E-state index contributed by atoms with van der Waals surface area (Å²) in [5, 5.41) is 2.61. The summed E-state index contributed by atoms with van der Waals surface area (Å²) in [5.41, 5.74) is 0. The van der Waals surface area contributed by atoms with E-state index in [1.54, 1.807) is 7.05 Å². The van der Waals surface area contributed by atoms with Gasteiger partial charge in [0.05, 0.1) is 0 Å². The molecule has 5 heteroatoms. The first-order chi connectivity index (χ1) is 5.13. The molecular formula is C6H15IN2O2. The van der Waals surface area contributed by atoms with E-state index in [9.17, 15) is 8.23 Å². The number of carbonyl (C=O) groups is 1. The molecule has 0 radical (unpaired) electrons. The zero-order valence-corrected chi connectivity index (χ0v) is 9.12. The van der Waals surface area contributed by atoms with E-state index in [-0.39, 0.29) is 9.97 Å². The zero-order chi connectivity index (χ0) is 8.85. The molecule has 4 nitrogen and oxygen atoms in total. The van der Waals surface area contributed by atoms with E-state index < -0.39 is 20.5 Å². The van der Waals surface area contributed by atoms with Gasteiger partial charge in [-0.3, -0.25) is 0 Å². The molecule has 11 heavy (non-hydrogen) atoms. The van der Waals surface area contributed by atoms with Crippen LogP contribution in [0.3, 0.4) is 0 Å². The van der Waals surface area contributed by atoms with Gasteiger partial charge in [-0.15, -0.1) is 0 Å². The number of carbonyl (C=O) groups excluding carboxylic acids is 1. The first-order valence-corrected chi connectivity index (χ1v) is 6.67. The van der Waals surface area contributed by atoms with Gasteiger partial charge in [-0.2, -0.15) is 0 Å². The fourth-order valence-electron chi connectivity index (χ4n) is 0.673. The molecule has 68 valence electrons. The third-order valence-electron chi connectivity index (χ3n) is 1.23. The molecular weight excluding hydrogens is 259 g/mol. The summed E-state index contributed by atoms with van der Waals surface area (Å²) in [6, 6.07) is 0. The fraction of sp³-hybridized carbons (Fsp3) is 0.833. The van der Waals surface area contributed by atoms with Gasteiger partial charge in [0.25, 0.3) is 0 Å². The number of rotatable bonds is 5. The number of amides is 1. The van der Waals surface area contributed by atoms with Crippen molar-refractivity contribution >= 4 is 26.9 Å². The summed E-state index contributed by atoms with van der Waals surface area (Å²) in [7, 11) is 1.71. The molecule has 1 amide bonds. The molecule has 0 saturated carbocycles. The Morgan fingerprint density at radius 3 is 2.36 bits per heavy atom. The molecule has 0 aromatic rings. The van der Waals surface area contributed by atoms with Crippen molar-refractivity contribution in [2.24, 2.45) is 5.92 Å². The van der Waals surface area contributed by atoms with Crippen molar-refractivity contribution in [3.63, 3.8) is 0 Å². The Balaban J connectivity index is 3.96. The van der Waals surface area contributed by atoms with Crippen LogP contribution in [0.1, 0.15) is 13.8 Å². The van der Waals surface area contributed by atoms with Gasteiger partial charge in [0.2, 0.25) is 0 Å². The molecule has 1 unspecified atom stereocenters. The van der Waals surface area contributed by atoms with E-state index in [1.807, 2.05) is 13.8 Å². The second kappa shape index (κ2) is 5.73. The van der Waals surface area contributed by atoms with Crippen LogP contribution in [0, 0.1) is 5.92 Å². The predicted octanol–water partition coefficient (Wildman–Crippen LogP) is 0.263. The van der Waals surface area contributed by atoms with Crippen molar-refractivity contribution in [3.8, 4) is 0 Å². The van der Waals surface area contributed by atoms with Crippen LogP contribution in [0.25, 0.3) is 0 Å². The Hall–Kier alpha value is 0.120. The molecule has 0 saturated heterocycles. The Bertz CT molecular complexity index is 121. The van der Waals surface area contributed by atoms with Crippen molar-refractivity contribution in [3.05, 3.63) is 0 Å². The van der Waals surface area contributed by atoms with Crippen molar-refractivity contribution in [2.45, 2.75) is 17.9 Å². The topological polar surface area (TPSA) is 61.4 Å². The number of alkyl halides is 1. The number of nitrogens with one attached hydrogen (secondary N) is 2. The van der Waals surface area contributed by atoms with Crippen LogP contribution in [0.2, 0.25) is 0 Å². The van der Waals surface area contributed by atoms with E-state index in [0.717, 1.165) is 0 Å². The number of hydrogen-bond donors (Lipinski definition) is 3. The molecule has 0 bridgehead atoms. The summed E-state index contributed by atoms with van der Waals surface area (Å²) in [4.78, 5) is 10.1. The molecule has 3 N–H and O–H groups in total. The van der Waals surface area contributed by atoms with Crippen LogP contribution >= 0.6 is 20.5 Å². The summed E-state index contributed by atoms with van der Waals surface area (Å²) in [5.74, 6) is 0.280. The van der Waals surface area contributed by atoms with Gasteiger partial charge in [0.15, 0.2) is 0 Å². The number of halogens is 1. The molecule has 0 aromatic carbocycles. The summed E-state index contributed by atoms with van der Waals surface area (Å²) in [6.45, 7) is 3.94. The van der Waals surface area contributed by atoms with Gasteiger partial charge < -0.3 is 0 Å². The van der Waals surface area contributed by atoms with Crippen LogP contribution < -0.4 is 8.85 Å². The first-order valence-electron chi connectivity index (χ1n) is 3.38. The molecule has 0 aliphatic heterocycles.